The average molecular weight is 254 g/mol. The Balaban J connectivity index is 2.99. The van der Waals surface area contributed by atoms with Crippen LogP contribution in [0.5, 0.6) is 0 Å². The maximum Gasteiger partial charge on any atom is 0.451 e. The number of halogens is 4. The summed E-state index contributed by atoms with van der Waals surface area (Å²) in [4.78, 5) is 6.49. The van der Waals surface area contributed by atoms with Crippen LogP contribution in [0.1, 0.15) is 26.1 Å². The van der Waals surface area contributed by atoms with E-state index in [2.05, 4.69) is 15.3 Å². The summed E-state index contributed by atoms with van der Waals surface area (Å²) in [6.07, 6.45) is -3.82. The minimum absolute atomic E-state index is 0.0204. The van der Waals surface area contributed by atoms with Crippen molar-refractivity contribution in [3.63, 3.8) is 0 Å². The monoisotopic (exact) mass is 253 g/mol. The molecule has 7 heteroatoms. The summed E-state index contributed by atoms with van der Waals surface area (Å²) in [5.74, 6) is -1.15. The molecular formula is C9H11ClF3N3. The van der Waals surface area contributed by atoms with Crippen molar-refractivity contribution in [3.8, 4) is 0 Å². The number of alkyl halides is 3. The molecule has 0 bridgehead atoms. The number of aromatic nitrogens is 2. The van der Waals surface area contributed by atoms with E-state index >= 15 is 0 Å². The minimum Gasteiger partial charge on any atom is -0.367 e. The van der Waals surface area contributed by atoms with Crippen LogP contribution < -0.4 is 5.32 Å². The summed E-state index contributed by atoms with van der Waals surface area (Å²) >= 11 is 5.49. The fraction of sp³-hybridized carbons (Fsp3) is 0.556. The van der Waals surface area contributed by atoms with Crippen LogP contribution in [0.4, 0.5) is 19.0 Å². The van der Waals surface area contributed by atoms with Crippen molar-refractivity contribution in [2.45, 2.75) is 32.5 Å². The maximum atomic E-state index is 12.4. The Bertz CT molecular complexity index is 368. The van der Waals surface area contributed by atoms with E-state index in [1.807, 2.05) is 13.8 Å². The highest BCUT2D eigenvalue weighted by Crippen LogP contribution is 2.28. The first-order valence-electron chi connectivity index (χ1n) is 4.71. The fourth-order valence-electron chi connectivity index (χ4n) is 0.973. The highest BCUT2D eigenvalue weighted by Gasteiger charge is 2.35. The second-order valence-corrected chi connectivity index (χ2v) is 3.74. The molecule has 0 aliphatic rings. The molecule has 1 rings (SSSR count). The summed E-state index contributed by atoms with van der Waals surface area (Å²) in [6, 6.07) is 1.29. The molecule has 0 radical (unpaired) electrons. The fourth-order valence-corrected chi connectivity index (χ4v) is 1.16. The Morgan fingerprint density at radius 1 is 1.44 bits per heavy atom. The lowest BCUT2D eigenvalue weighted by atomic mass is 10.2. The zero-order valence-corrected chi connectivity index (χ0v) is 9.52. The third kappa shape index (κ3) is 3.52. The van der Waals surface area contributed by atoms with E-state index in [4.69, 9.17) is 11.6 Å². The third-order valence-corrected chi connectivity index (χ3v) is 2.15. The van der Waals surface area contributed by atoms with E-state index in [-0.39, 0.29) is 17.0 Å². The van der Waals surface area contributed by atoms with Gasteiger partial charge in [-0.25, -0.2) is 9.97 Å². The number of nitrogens with one attached hydrogen (secondary N) is 1. The van der Waals surface area contributed by atoms with Crippen molar-refractivity contribution < 1.29 is 13.2 Å². The van der Waals surface area contributed by atoms with Gasteiger partial charge in [-0.15, -0.1) is 0 Å². The van der Waals surface area contributed by atoms with Crippen LogP contribution in [0, 0.1) is 0 Å². The molecule has 0 saturated carbocycles. The molecule has 90 valence electrons. The zero-order chi connectivity index (χ0) is 12.3. The predicted molar refractivity (Wildman–Crippen MR) is 55.4 cm³/mol. The summed E-state index contributed by atoms with van der Waals surface area (Å²) in [7, 11) is 0. The van der Waals surface area contributed by atoms with E-state index in [1.54, 1.807) is 0 Å². The van der Waals surface area contributed by atoms with Crippen LogP contribution in [-0.2, 0) is 6.18 Å². The van der Waals surface area contributed by atoms with Crippen molar-refractivity contribution in [3.05, 3.63) is 17.0 Å². The highest BCUT2D eigenvalue weighted by atomic mass is 35.5. The zero-order valence-electron chi connectivity index (χ0n) is 8.77. The van der Waals surface area contributed by atoms with Gasteiger partial charge in [-0.3, -0.25) is 0 Å². The quantitative estimate of drug-likeness (QED) is 0.840. The van der Waals surface area contributed by atoms with Gasteiger partial charge in [-0.1, -0.05) is 18.5 Å². The minimum atomic E-state index is -4.59. The first kappa shape index (κ1) is 13.0. The average Bonchev–Trinajstić information content (AvgIpc) is 2.15. The molecule has 0 saturated heterocycles. The van der Waals surface area contributed by atoms with Gasteiger partial charge in [0.15, 0.2) is 0 Å². The topological polar surface area (TPSA) is 37.8 Å². The number of anilines is 1. The number of hydrogen-bond acceptors (Lipinski definition) is 3. The van der Waals surface area contributed by atoms with Gasteiger partial charge in [0.05, 0.1) is 0 Å². The first-order valence-corrected chi connectivity index (χ1v) is 5.09. The van der Waals surface area contributed by atoms with Crippen LogP contribution in [0.2, 0.25) is 5.15 Å². The second-order valence-electron chi connectivity index (χ2n) is 3.35. The summed E-state index contributed by atoms with van der Waals surface area (Å²) < 4.78 is 37.1. The third-order valence-electron chi connectivity index (χ3n) is 1.96. The highest BCUT2D eigenvalue weighted by molar-refractivity contribution is 6.29. The molecule has 0 aliphatic carbocycles. The van der Waals surface area contributed by atoms with E-state index < -0.39 is 12.0 Å². The molecule has 1 atom stereocenters. The van der Waals surface area contributed by atoms with Crippen LogP contribution in [-0.4, -0.2) is 16.0 Å². The van der Waals surface area contributed by atoms with Crippen LogP contribution in [0.25, 0.3) is 0 Å². The summed E-state index contributed by atoms with van der Waals surface area (Å²) in [5.41, 5.74) is 0. The molecule has 16 heavy (non-hydrogen) atoms. The Hall–Kier alpha value is -1.04. The molecule has 3 nitrogen and oxygen atoms in total. The van der Waals surface area contributed by atoms with Gasteiger partial charge in [0.25, 0.3) is 0 Å². The van der Waals surface area contributed by atoms with Crippen LogP contribution >= 0.6 is 11.6 Å². The molecule has 0 aliphatic heterocycles. The second kappa shape index (κ2) is 4.86. The van der Waals surface area contributed by atoms with E-state index in [1.165, 1.54) is 6.07 Å². The van der Waals surface area contributed by atoms with Crippen molar-refractivity contribution in [1.29, 1.82) is 0 Å². The Kier molecular flexibility index (Phi) is 3.96. The number of rotatable bonds is 3. The molecule has 1 unspecified atom stereocenters. The van der Waals surface area contributed by atoms with Gasteiger partial charge in [-0.05, 0) is 13.3 Å². The summed E-state index contributed by atoms with van der Waals surface area (Å²) in [6.45, 7) is 3.74. The maximum absolute atomic E-state index is 12.4. The predicted octanol–water partition coefficient (Wildman–Crippen LogP) is 3.36. The molecule has 0 spiro atoms. The molecule has 1 N–H and O–H groups in total. The van der Waals surface area contributed by atoms with Crippen molar-refractivity contribution >= 4 is 17.4 Å². The SMILES string of the molecule is CCC(C)Nc1cc(Cl)nc(C(F)(F)F)n1. The molecular weight excluding hydrogens is 243 g/mol. The number of nitrogens with zero attached hydrogens (tertiary/aromatic N) is 2. The van der Waals surface area contributed by atoms with Crippen molar-refractivity contribution in [2.75, 3.05) is 5.32 Å². The van der Waals surface area contributed by atoms with Gasteiger partial charge in [-0.2, -0.15) is 13.2 Å². The summed E-state index contributed by atoms with van der Waals surface area (Å²) in [5, 5.41) is 2.58. The molecule has 1 aromatic heterocycles. The standard InChI is InChI=1S/C9H11ClF3N3/c1-3-5(2)14-7-4-6(10)15-8(16-7)9(11,12)13/h4-5H,3H2,1-2H3,(H,14,15,16). The van der Waals surface area contributed by atoms with Gasteiger partial charge in [0.2, 0.25) is 5.82 Å². The normalized spacial score (nSPS) is 13.6. The Morgan fingerprint density at radius 3 is 2.56 bits per heavy atom. The molecule has 0 aromatic carbocycles. The Labute approximate surface area is 96.0 Å². The lowest BCUT2D eigenvalue weighted by molar-refractivity contribution is -0.144. The molecule has 1 heterocycles. The van der Waals surface area contributed by atoms with Crippen molar-refractivity contribution in [1.82, 2.24) is 9.97 Å². The van der Waals surface area contributed by atoms with Gasteiger partial charge < -0.3 is 5.32 Å². The van der Waals surface area contributed by atoms with E-state index in [0.29, 0.717) is 0 Å². The van der Waals surface area contributed by atoms with Crippen LogP contribution in [0.15, 0.2) is 6.07 Å². The molecule has 0 amide bonds. The largest absolute Gasteiger partial charge is 0.451 e. The molecule has 0 fully saturated rings. The van der Waals surface area contributed by atoms with E-state index in [0.717, 1.165) is 6.42 Å². The first-order chi connectivity index (χ1) is 7.32. The van der Waals surface area contributed by atoms with Crippen molar-refractivity contribution in [2.24, 2.45) is 0 Å². The van der Waals surface area contributed by atoms with Gasteiger partial charge >= 0.3 is 6.18 Å². The lowest BCUT2D eigenvalue weighted by Crippen LogP contribution is -2.18. The van der Waals surface area contributed by atoms with Crippen LogP contribution in [0.3, 0.4) is 0 Å². The van der Waals surface area contributed by atoms with E-state index in [9.17, 15) is 13.2 Å². The smallest absolute Gasteiger partial charge is 0.367 e. The van der Waals surface area contributed by atoms with Gasteiger partial charge in [0, 0.05) is 12.1 Å². The number of hydrogen-bond donors (Lipinski definition) is 1. The lowest BCUT2D eigenvalue weighted by Gasteiger charge is -2.13. The van der Waals surface area contributed by atoms with Gasteiger partial charge in [0.1, 0.15) is 11.0 Å². The molecule has 1 aromatic rings. The Morgan fingerprint density at radius 2 is 2.06 bits per heavy atom.